The number of carbonyl (C=O) groups excluding carboxylic acids is 2. The number of nitrogens with zero attached hydrogens (tertiary/aromatic N) is 3. The van der Waals surface area contributed by atoms with Gasteiger partial charge in [-0.05, 0) is 18.2 Å². The fourth-order valence-corrected chi connectivity index (χ4v) is 1.27. The Hall–Kier alpha value is -2.70. The summed E-state index contributed by atoms with van der Waals surface area (Å²) in [5.41, 5.74) is 0.485. The highest BCUT2D eigenvalue weighted by Crippen LogP contribution is 2.07. The molecule has 0 N–H and O–H groups in total. The number of aromatic nitrogens is 3. The summed E-state index contributed by atoms with van der Waals surface area (Å²) in [7, 11) is 1.27. The first-order chi connectivity index (χ1) is 8.70. The summed E-state index contributed by atoms with van der Waals surface area (Å²) < 4.78 is 4.56. The Bertz CT molecular complexity index is 565. The maximum absolute atomic E-state index is 11.7. The Morgan fingerprint density at radius 3 is 2.56 bits per heavy atom. The van der Waals surface area contributed by atoms with E-state index in [1.807, 2.05) is 0 Å². The number of hydrogen-bond donors (Lipinski definition) is 0. The molecule has 2 aromatic rings. The molecule has 0 amide bonds. The van der Waals surface area contributed by atoms with Crippen LogP contribution in [-0.2, 0) is 4.74 Å². The number of benzene rings is 1. The van der Waals surface area contributed by atoms with Crippen molar-refractivity contribution in [2.24, 2.45) is 0 Å². The second kappa shape index (κ2) is 5.09. The molecule has 0 aliphatic carbocycles. The topological polar surface area (TPSA) is 83.3 Å². The maximum atomic E-state index is 11.7. The highest BCUT2D eigenvalue weighted by atomic mass is 16.7. The highest BCUT2D eigenvalue weighted by Gasteiger charge is 2.12. The molecule has 7 heteroatoms. The molecule has 1 heterocycles. The molecule has 0 fully saturated rings. The van der Waals surface area contributed by atoms with Gasteiger partial charge in [0.25, 0.3) is 0 Å². The van der Waals surface area contributed by atoms with E-state index in [0.717, 1.165) is 4.85 Å². The zero-order valence-corrected chi connectivity index (χ0v) is 9.44. The van der Waals surface area contributed by atoms with Crippen LogP contribution in [0.2, 0.25) is 0 Å². The van der Waals surface area contributed by atoms with Crippen molar-refractivity contribution < 1.29 is 19.2 Å². The average molecular weight is 247 g/mol. The summed E-state index contributed by atoms with van der Waals surface area (Å²) in [6.07, 6.45) is 2.47. The largest absolute Gasteiger partial charge is 0.465 e. The van der Waals surface area contributed by atoms with Gasteiger partial charge in [-0.3, -0.25) is 0 Å². The van der Waals surface area contributed by atoms with Crippen molar-refractivity contribution in [3.8, 4) is 0 Å². The summed E-state index contributed by atoms with van der Waals surface area (Å²) in [4.78, 5) is 32.4. The fourth-order valence-electron chi connectivity index (χ4n) is 1.27. The molecule has 1 aromatic heterocycles. The molecule has 2 rings (SSSR count). The van der Waals surface area contributed by atoms with E-state index in [4.69, 9.17) is 4.84 Å². The minimum absolute atomic E-state index is 0.216. The van der Waals surface area contributed by atoms with Gasteiger partial charge in [-0.2, -0.15) is 0 Å². The van der Waals surface area contributed by atoms with E-state index >= 15 is 0 Å². The van der Waals surface area contributed by atoms with Gasteiger partial charge in [-0.1, -0.05) is 10.9 Å². The third-order valence-corrected chi connectivity index (χ3v) is 2.09. The molecule has 18 heavy (non-hydrogen) atoms. The van der Waals surface area contributed by atoms with Gasteiger partial charge in [0.2, 0.25) is 0 Å². The van der Waals surface area contributed by atoms with Crippen LogP contribution in [0, 0.1) is 0 Å². The predicted octanol–water partition coefficient (Wildman–Crippen LogP) is 0.334. The minimum atomic E-state index is -0.647. The van der Waals surface area contributed by atoms with E-state index in [9.17, 15) is 9.59 Å². The van der Waals surface area contributed by atoms with Gasteiger partial charge in [0.05, 0.1) is 18.2 Å². The van der Waals surface area contributed by atoms with Gasteiger partial charge >= 0.3 is 11.9 Å². The highest BCUT2D eigenvalue weighted by molar-refractivity contribution is 5.95. The second-order valence-electron chi connectivity index (χ2n) is 3.25. The molecule has 0 spiro atoms. The van der Waals surface area contributed by atoms with Crippen LogP contribution in [0.25, 0.3) is 0 Å². The van der Waals surface area contributed by atoms with Gasteiger partial charge in [0, 0.05) is 0 Å². The van der Waals surface area contributed by atoms with Gasteiger partial charge in [0.15, 0.2) is 6.33 Å². The maximum Gasteiger partial charge on any atom is 0.365 e. The standard InChI is InChI=1S/C11H9N3O4/c1-17-10(15)8-3-2-4-9(5-8)11(16)18-14-7-12-6-13-14/h2-7H,1H3. The Kier molecular flexibility index (Phi) is 3.33. The van der Waals surface area contributed by atoms with E-state index < -0.39 is 11.9 Å². The van der Waals surface area contributed by atoms with Gasteiger partial charge in [-0.25, -0.2) is 14.6 Å². The molecule has 0 bridgehead atoms. The van der Waals surface area contributed by atoms with E-state index in [2.05, 4.69) is 14.8 Å². The molecule has 0 aliphatic heterocycles. The van der Waals surface area contributed by atoms with Crippen LogP contribution in [0.4, 0.5) is 0 Å². The Balaban J connectivity index is 2.18. The lowest BCUT2D eigenvalue weighted by Crippen LogP contribution is -2.20. The zero-order chi connectivity index (χ0) is 13.0. The van der Waals surface area contributed by atoms with Crippen molar-refractivity contribution in [3.63, 3.8) is 0 Å². The summed E-state index contributed by atoms with van der Waals surface area (Å²) in [6, 6.07) is 6.00. The number of hydrogen-bond acceptors (Lipinski definition) is 6. The van der Waals surface area contributed by atoms with Crippen molar-refractivity contribution in [3.05, 3.63) is 48.0 Å². The Morgan fingerprint density at radius 1 is 1.22 bits per heavy atom. The van der Waals surface area contributed by atoms with E-state index in [0.29, 0.717) is 0 Å². The summed E-state index contributed by atoms with van der Waals surface area (Å²) >= 11 is 0. The molecular formula is C11H9N3O4. The number of methoxy groups -OCH3 is 1. The molecule has 1 aromatic carbocycles. The summed E-state index contributed by atoms with van der Waals surface area (Å²) in [5, 5.41) is 3.63. The van der Waals surface area contributed by atoms with Crippen LogP contribution in [0.1, 0.15) is 20.7 Å². The molecule has 0 atom stereocenters. The molecule has 0 aliphatic rings. The number of carbonyl (C=O) groups is 2. The third kappa shape index (κ3) is 2.51. The molecule has 92 valence electrons. The minimum Gasteiger partial charge on any atom is -0.465 e. The van der Waals surface area contributed by atoms with Crippen molar-refractivity contribution in [2.45, 2.75) is 0 Å². The molecule has 0 saturated heterocycles. The summed E-state index contributed by atoms with van der Waals surface area (Å²) in [5.74, 6) is -1.17. The van der Waals surface area contributed by atoms with Crippen molar-refractivity contribution in [1.82, 2.24) is 14.9 Å². The monoisotopic (exact) mass is 247 g/mol. The van der Waals surface area contributed by atoms with Gasteiger partial charge < -0.3 is 9.57 Å². The molecule has 0 unspecified atom stereocenters. The number of rotatable bonds is 3. The van der Waals surface area contributed by atoms with E-state index in [1.165, 1.54) is 38.0 Å². The zero-order valence-electron chi connectivity index (χ0n) is 9.44. The average Bonchev–Trinajstić information content (AvgIpc) is 2.90. The first-order valence-electron chi connectivity index (χ1n) is 4.96. The second-order valence-corrected chi connectivity index (χ2v) is 3.25. The predicted molar refractivity (Wildman–Crippen MR) is 58.7 cm³/mol. The van der Waals surface area contributed by atoms with Crippen molar-refractivity contribution in [2.75, 3.05) is 7.11 Å². The lowest BCUT2D eigenvalue weighted by Gasteiger charge is -2.03. The lowest BCUT2D eigenvalue weighted by molar-refractivity contribution is 0.0392. The lowest BCUT2D eigenvalue weighted by atomic mass is 10.1. The molecule has 0 saturated carbocycles. The Labute approximate surface area is 102 Å². The molecular weight excluding hydrogens is 238 g/mol. The molecule has 7 nitrogen and oxygen atoms in total. The van der Waals surface area contributed by atoms with Crippen molar-refractivity contribution in [1.29, 1.82) is 0 Å². The van der Waals surface area contributed by atoms with Crippen molar-refractivity contribution >= 4 is 11.9 Å². The molecule has 0 radical (unpaired) electrons. The summed E-state index contributed by atoms with van der Waals surface area (Å²) in [6.45, 7) is 0. The van der Waals surface area contributed by atoms with Gasteiger partial charge in [0.1, 0.15) is 6.33 Å². The van der Waals surface area contributed by atoms with E-state index in [1.54, 1.807) is 6.07 Å². The quantitative estimate of drug-likeness (QED) is 0.727. The van der Waals surface area contributed by atoms with Crippen LogP contribution < -0.4 is 4.84 Å². The first-order valence-corrected chi connectivity index (χ1v) is 4.96. The van der Waals surface area contributed by atoms with E-state index in [-0.39, 0.29) is 11.1 Å². The van der Waals surface area contributed by atoms with Crippen LogP contribution in [0.15, 0.2) is 36.9 Å². The smallest absolute Gasteiger partial charge is 0.365 e. The number of esters is 1. The van der Waals surface area contributed by atoms with Crippen LogP contribution in [0.3, 0.4) is 0 Å². The SMILES string of the molecule is COC(=O)c1cccc(C(=O)On2cncn2)c1. The van der Waals surface area contributed by atoms with Crippen LogP contribution >= 0.6 is 0 Å². The fraction of sp³-hybridized carbons (Fsp3) is 0.0909. The Morgan fingerprint density at radius 2 is 1.94 bits per heavy atom. The van der Waals surface area contributed by atoms with Gasteiger partial charge in [-0.15, -0.1) is 5.10 Å². The number of ether oxygens (including phenoxy) is 1. The van der Waals surface area contributed by atoms with Crippen LogP contribution in [-0.4, -0.2) is 34.0 Å². The normalized spacial score (nSPS) is 9.83. The first kappa shape index (κ1) is 11.8. The van der Waals surface area contributed by atoms with Crippen LogP contribution in [0.5, 0.6) is 0 Å². The third-order valence-electron chi connectivity index (χ3n) is 2.09.